The Bertz CT molecular complexity index is 514. The molecule has 22 heavy (non-hydrogen) atoms. The molecule has 1 N–H and O–H groups in total. The van der Waals surface area contributed by atoms with Crippen LogP contribution in [0.5, 0.6) is 11.5 Å². The lowest BCUT2D eigenvalue weighted by Gasteiger charge is -2.31. The van der Waals surface area contributed by atoms with Crippen LogP contribution in [0, 0.1) is 0 Å². The maximum atomic E-state index is 12.2. The molecule has 3 rings (SSSR count). The van der Waals surface area contributed by atoms with Gasteiger partial charge in [0.2, 0.25) is 5.91 Å². The van der Waals surface area contributed by atoms with Crippen molar-refractivity contribution in [1.29, 1.82) is 0 Å². The van der Waals surface area contributed by atoms with Crippen molar-refractivity contribution in [2.45, 2.75) is 38.3 Å². The van der Waals surface area contributed by atoms with E-state index in [4.69, 9.17) is 9.47 Å². The lowest BCUT2D eigenvalue weighted by atomic mass is 10.1. The average Bonchev–Trinajstić information content (AvgIpc) is 2.55. The summed E-state index contributed by atoms with van der Waals surface area (Å²) in [4.78, 5) is 14.4. The number of carbonyl (C=O) groups excluding carboxylic acids is 1. The lowest BCUT2D eigenvalue weighted by molar-refractivity contribution is -0.124. The Kier molecular flexibility index (Phi) is 4.83. The molecule has 0 bridgehead atoms. The molecule has 0 radical (unpaired) electrons. The third-order valence-electron chi connectivity index (χ3n) is 4.29. The Hall–Kier alpha value is -1.75. The fraction of sp³-hybridized carbons (Fsp3) is 0.588. The van der Waals surface area contributed by atoms with Crippen LogP contribution >= 0.6 is 0 Å². The number of likely N-dealkylation sites (tertiary alicyclic amines) is 1. The van der Waals surface area contributed by atoms with E-state index in [1.165, 1.54) is 19.3 Å². The van der Waals surface area contributed by atoms with Gasteiger partial charge in [0.1, 0.15) is 6.61 Å². The zero-order valence-corrected chi connectivity index (χ0v) is 13.1. The van der Waals surface area contributed by atoms with Crippen LogP contribution < -0.4 is 14.8 Å². The van der Waals surface area contributed by atoms with Gasteiger partial charge >= 0.3 is 0 Å². The van der Waals surface area contributed by atoms with E-state index in [1.54, 1.807) is 0 Å². The fourth-order valence-corrected chi connectivity index (χ4v) is 3.00. The van der Waals surface area contributed by atoms with Gasteiger partial charge in [0, 0.05) is 0 Å². The van der Waals surface area contributed by atoms with Gasteiger partial charge in [-0.1, -0.05) is 18.6 Å². The first-order valence-electron chi connectivity index (χ1n) is 8.12. The number of benzene rings is 1. The third kappa shape index (κ3) is 3.71. The van der Waals surface area contributed by atoms with Crippen molar-refractivity contribution < 1.29 is 14.3 Å². The standard InChI is InChI=1S/C17H24N2O3/c1-13(18-17(20)11-19-9-5-2-6-10-19)16-12-21-14-7-3-4-8-15(14)22-16/h3-4,7-8,13,16H,2,5-6,9-12H2,1H3,(H,18,20)/t13-,16+/m0/s1. The summed E-state index contributed by atoms with van der Waals surface area (Å²) in [5.41, 5.74) is 0. The molecule has 1 amide bonds. The summed E-state index contributed by atoms with van der Waals surface area (Å²) in [5, 5.41) is 3.04. The van der Waals surface area contributed by atoms with Gasteiger partial charge in [-0.15, -0.1) is 0 Å². The Labute approximate surface area is 131 Å². The quantitative estimate of drug-likeness (QED) is 0.922. The van der Waals surface area contributed by atoms with Crippen molar-refractivity contribution in [3.8, 4) is 11.5 Å². The number of amides is 1. The number of nitrogens with one attached hydrogen (secondary N) is 1. The highest BCUT2D eigenvalue weighted by molar-refractivity contribution is 5.78. The Balaban J connectivity index is 1.49. The molecule has 5 nitrogen and oxygen atoms in total. The molecule has 1 saturated heterocycles. The molecule has 2 atom stereocenters. The largest absolute Gasteiger partial charge is 0.486 e. The van der Waals surface area contributed by atoms with Crippen molar-refractivity contribution in [3.05, 3.63) is 24.3 Å². The van der Waals surface area contributed by atoms with E-state index >= 15 is 0 Å². The number of ether oxygens (including phenoxy) is 2. The zero-order valence-electron chi connectivity index (χ0n) is 13.1. The second kappa shape index (κ2) is 7.01. The van der Waals surface area contributed by atoms with E-state index in [1.807, 2.05) is 31.2 Å². The molecule has 2 aliphatic heterocycles. The van der Waals surface area contributed by atoms with Crippen molar-refractivity contribution in [2.24, 2.45) is 0 Å². The van der Waals surface area contributed by atoms with Crippen LogP contribution in [0.3, 0.4) is 0 Å². The van der Waals surface area contributed by atoms with E-state index in [2.05, 4.69) is 10.2 Å². The first-order valence-corrected chi connectivity index (χ1v) is 8.12. The minimum Gasteiger partial charge on any atom is -0.486 e. The summed E-state index contributed by atoms with van der Waals surface area (Å²) in [5.74, 6) is 1.58. The predicted molar refractivity (Wildman–Crippen MR) is 84.2 cm³/mol. The van der Waals surface area contributed by atoms with Crippen LogP contribution in [0.2, 0.25) is 0 Å². The maximum Gasteiger partial charge on any atom is 0.234 e. The second-order valence-electron chi connectivity index (χ2n) is 6.11. The number of hydrogen-bond donors (Lipinski definition) is 1. The van der Waals surface area contributed by atoms with Crippen molar-refractivity contribution in [3.63, 3.8) is 0 Å². The molecule has 1 aromatic rings. The van der Waals surface area contributed by atoms with Crippen LogP contribution in [0.15, 0.2) is 24.3 Å². The summed E-state index contributed by atoms with van der Waals surface area (Å²) in [6.07, 6.45) is 3.51. The van der Waals surface area contributed by atoms with Gasteiger partial charge in [-0.2, -0.15) is 0 Å². The van der Waals surface area contributed by atoms with Crippen LogP contribution in [0.25, 0.3) is 0 Å². The normalized spacial score (nSPS) is 22.9. The molecular formula is C17H24N2O3. The Morgan fingerprint density at radius 1 is 1.27 bits per heavy atom. The number of para-hydroxylation sites is 2. The molecule has 2 aliphatic rings. The number of nitrogens with zero attached hydrogens (tertiary/aromatic N) is 1. The first kappa shape index (κ1) is 15.2. The van der Waals surface area contributed by atoms with E-state index < -0.39 is 0 Å². The van der Waals surface area contributed by atoms with E-state index in [0.29, 0.717) is 13.2 Å². The van der Waals surface area contributed by atoms with E-state index in [9.17, 15) is 4.79 Å². The second-order valence-corrected chi connectivity index (χ2v) is 6.11. The SMILES string of the molecule is C[C@H](NC(=O)CN1CCCCC1)[C@H]1COc2ccccc2O1. The monoisotopic (exact) mass is 304 g/mol. The third-order valence-corrected chi connectivity index (χ3v) is 4.29. The summed E-state index contributed by atoms with van der Waals surface area (Å²) in [7, 11) is 0. The van der Waals surface area contributed by atoms with Gasteiger partial charge in [-0.3, -0.25) is 9.69 Å². The average molecular weight is 304 g/mol. The topological polar surface area (TPSA) is 50.8 Å². The molecule has 0 saturated carbocycles. The number of piperidine rings is 1. The Morgan fingerprint density at radius 2 is 2.00 bits per heavy atom. The van der Waals surface area contributed by atoms with Gasteiger partial charge in [-0.05, 0) is 45.0 Å². The van der Waals surface area contributed by atoms with Gasteiger partial charge in [0.15, 0.2) is 17.6 Å². The highest BCUT2D eigenvalue weighted by Gasteiger charge is 2.27. The summed E-state index contributed by atoms with van der Waals surface area (Å²) in [6, 6.07) is 7.55. The van der Waals surface area contributed by atoms with Gasteiger partial charge in [0.25, 0.3) is 0 Å². The molecule has 2 heterocycles. The summed E-state index contributed by atoms with van der Waals surface area (Å²) >= 11 is 0. The van der Waals surface area contributed by atoms with Crippen LogP contribution in [0.4, 0.5) is 0 Å². The highest BCUT2D eigenvalue weighted by Crippen LogP contribution is 2.31. The molecule has 1 fully saturated rings. The molecule has 5 heteroatoms. The number of fused-ring (bicyclic) bond motifs is 1. The number of rotatable bonds is 4. The number of carbonyl (C=O) groups is 1. The van der Waals surface area contributed by atoms with Crippen molar-refractivity contribution in [2.75, 3.05) is 26.2 Å². The maximum absolute atomic E-state index is 12.2. The van der Waals surface area contributed by atoms with Crippen LogP contribution in [-0.2, 0) is 4.79 Å². The van der Waals surface area contributed by atoms with Crippen LogP contribution in [-0.4, -0.2) is 49.2 Å². The van der Waals surface area contributed by atoms with E-state index in [-0.39, 0.29) is 18.1 Å². The molecule has 1 aromatic carbocycles. The van der Waals surface area contributed by atoms with Crippen molar-refractivity contribution in [1.82, 2.24) is 10.2 Å². The molecular weight excluding hydrogens is 280 g/mol. The first-order chi connectivity index (χ1) is 10.7. The minimum absolute atomic E-state index is 0.0665. The number of hydrogen-bond acceptors (Lipinski definition) is 4. The van der Waals surface area contributed by atoms with Gasteiger partial charge in [0.05, 0.1) is 12.6 Å². The minimum atomic E-state index is -0.153. The lowest BCUT2D eigenvalue weighted by Crippen LogP contribution is -2.50. The molecule has 0 spiro atoms. The fourth-order valence-electron chi connectivity index (χ4n) is 3.00. The molecule has 0 unspecified atom stereocenters. The smallest absolute Gasteiger partial charge is 0.234 e. The predicted octanol–water partition coefficient (Wildman–Crippen LogP) is 1.82. The molecule has 120 valence electrons. The van der Waals surface area contributed by atoms with Gasteiger partial charge < -0.3 is 14.8 Å². The molecule has 0 aliphatic carbocycles. The van der Waals surface area contributed by atoms with E-state index in [0.717, 1.165) is 24.6 Å². The van der Waals surface area contributed by atoms with Gasteiger partial charge in [-0.25, -0.2) is 0 Å². The van der Waals surface area contributed by atoms with Crippen molar-refractivity contribution >= 4 is 5.91 Å². The summed E-state index contributed by atoms with van der Waals surface area (Å²) < 4.78 is 11.6. The molecule has 0 aromatic heterocycles. The van der Waals surface area contributed by atoms with Crippen LogP contribution in [0.1, 0.15) is 26.2 Å². The summed E-state index contributed by atoms with van der Waals surface area (Å²) in [6.45, 7) is 4.96. The Morgan fingerprint density at radius 3 is 2.77 bits per heavy atom. The highest BCUT2D eigenvalue weighted by atomic mass is 16.6. The zero-order chi connectivity index (χ0) is 15.4.